The van der Waals surface area contributed by atoms with Gasteiger partial charge in [0.05, 0.1) is 17.7 Å². The van der Waals surface area contributed by atoms with Crippen LogP contribution in [0.15, 0.2) is 36.5 Å². The van der Waals surface area contributed by atoms with Crippen molar-refractivity contribution in [3.63, 3.8) is 0 Å². The first-order chi connectivity index (χ1) is 12.4. The molecule has 2 heterocycles. The van der Waals surface area contributed by atoms with Gasteiger partial charge in [-0.15, -0.1) is 0 Å². The minimum Gasteiger partial charge on any atom is -0.307 e. The summed E-state index contributed by atoms with van der Waals surface area (Å²) in [5, 5.41) is 12.1. The third-order valence-electron chi connectivity index (χ3n) is 4.00. The Kier molecular flexibility index (Phi) is 5.22. The Morgan fingerprint density at radius 1 is 1.35 bits per heavy atom. The predicted octanol–water partition coefficient (Wildman–Crippen LogP) is 1.18. The second-order valence-corrected chi connectivity index (χ2v) is 8.79. The molecular formula is C16H17N5O3S2. The molecule has 136 valence electrons. The monoisotopic (exact) mass is 391 g/mol. The summed E-state index contributed by atoms with van der Waals surface area (Å²) in [7, 11) is -3.56. The maximum Gasteiger partial charge on any atom is 0.246 e. The van der Waals surface area contributed by atoms with Crippen molar-refractivity contribution in [2.45, 2.75) is 6.04 Å². The molecule has 0 bridgehead atoms. The Labute approximate surface area is 155 Å². The zero-order chi connectivity index (χ0) is 18.7. The van der Waals surface area contributed by atoms with Gasteiger partial charge in [0.25, 0.3) is 0 Å². The van der Waals surface area contributed by atoms with Crippen LogP contribution in [0.4, 0.5) is 5.13 Å². The van der Waals surface area contributed by atoms with Gasteiger partial charge in [0.2, 0.25) is 15.9 Å². The van der Waals surface area contributed by atoms with Crippen molar-refractivity contribution in [2.75, 3.05) is 31.2 Å². The van der Waals surface area contributed by atoms with E-state index < -0.39 is 22.0 Å². The van der Waals surface area contributed by atoms with Crippen LogP contribution in [0.5, 0.6) is 0 Å². The first-order valence-electron chi connectivity index (χ1n) is 7.82. The van der Waals surface area contributed by atoms with Gasteiger partial charge in [0.15, 0.2) is 11.3 Å². The number of hydrogen-bond donors (Lipinski definition) is 1. The van der Waals surface area contributed by atoms with Gasteiger partial charge in [-0.2, -0.15) is 9.57 Å². The Morgan fingerprint density at radius 3 is 2.73 bits per heavy atom. The fraction of sp³-hybridized carbons (Fsp3) is 0.312. The van der Waals surface area contributed by atoms with E-state index in [0.717, 1.165) is 21.0 Å². The number of piperazine rings is 1. The third-order valence-corrected chi connectivity index (χ3v) is 6.25. The van der Waals surface area contributed by atoms with Gasteiger partial charge in [-0.05, 0) is 5.56 Å². The number of nitrogens with one attached hydrogen (secondary N) is 1. The van der Waals surface area contributed by atoms with Gasteiger partial charge in [0, 0.05) is 19.3 Å². The van der Waals surface area contributed by atoms with Gasteiger partial charge in [-0.3, -0.25) is 4.79 Å². The molecule has 1 fully saturated rings. The molecule has 0 saturated carbocycles. The molecule has 1 amide bonds. The molecule has 8 nitrogen and oxygen atoms in total. The molecule has 1 N–H and O–H groups in total. The van der Waals surface area contributed by atoms with Gasteiger partial charge in [0.1, 0.15) is 6.04 Å². The maximum atomic E-state index is 12.6. The van der Waals surface area contributed by atoms with Crippen LogP contribution in [0.25, 0.3) is 10.4 Å². The Morgan fingerprint density at radius 2 is 2.08 bits per heavy atom. The van der Waals surface area contributed by atoms with Crippen molar-refractivity contribution in [2.24, 2.45) is 0 Å². The molecule has 3 rings (SSSR count). The molecule has 0 radical (unpaired) electrons. The predicted molar refractivity (Wildman–Crippen MR) is 98.7 cm³/mol. The second kappa shape index (κ2) is 7.41. The molecule has 1 saturated heterocycles. The number of aromatic nitrogens is 1. The number of rotatable bonds is 4. The smallest absolute Gasteiger partial charge is 0.246 e. The van der Waals surface area contributed by atoms with Crippen molar-refractivity contribution in [1.82, 2.24) is 14.2 Å². The van der Waals surface area contributed by atoms with E-state index in [9.17, 15) is 13.2 Å². The number of nitrogens with zero attached hydrogens (tertiary/aromatic N) is 4. The number of hydrogen-bond acceptors (Lipinski definition) is 7. The van der Waals surface area contributed by atoms with E-state index in [1.54, 1.807) is 6.20 Å². The quantitative estimate of drug-likeness (QED) is 0.785. The topological polar surface area (TPSA) is 106 Å². The molecule has 0 spiro atoms. The van der Waals surface area contributed by atoms with Crippen LogP contribution in [-0.4, -0.2) is 60.4 Å². The van der Waals surface area contributed by atoms with E-state index in [2.05, 4.69) is 10.3 Å². The summed E-state index contributed by atoms with van der Waals surface area (Å²) in [5.74, 6) is -0.496. The van der Waals surface area contributed by atoms with Crippen LogP contribution in [0.1, 0.15) is 0 Å². The van der Waals surface area contributed by atoms with E-state index >= 15 is 0 Å². The summed E-state index contributed by atoms with van der Waals surface area (Å²) in [5.41, 5.74) is 0.983. The van der Waals surface area contributed by atoms with Crippen LogP contribution in [-0.2, 0) is 14.8 Å². The lowest BCUT2D eigenvalue weighted by atomic mass is 10.2. The molecule has 1 aliphatic heterocycles. The Bertz CT molecular complexity index is 936. The highest BCUT2D eigenvalue weighted by molar-refractivity contribution is 7.88. The van der Waals surface area contributed by atoms with Crippen LogP contribution in [0.2, 0.25) is 0 Å². The molecule has 10 heteroatoms. The van der Waals surface area contributed by atoms with Crippen molar-refractivity contribution < 1.29 is 13.2 Å². The van der Waals surface area contributed by atoms with Crippen molar-refractivity contribution in [3.05, 3.63) is 36.5 Å². The first kappa shape index (κ1) is 18.3. The molecule has 1 aromatic carbocycles. The lowest BCUT2D eigenvalue weighted by Gasteiger charge is -2.36. The minimum absolute atomic E-state index is 0.0202. The number of carbonyl (C=O) groups excluding carboxylic acids is 1. The van der Waals surface area contributed by atoms with Crippen molar-refractivity contribution in [1.29, 1.82) is 5.26 Å². The number of nitriles is 1. The van der Waals surface area contributed by atoms with E-state index in [1.165, 1.54) is 16.2 Å². The number of anilines is 1. The van der Waals surface area contributed by atoms with Gasteiger partial charge in [-0.25, -0.2) is 13.4 Å². The lowest BCUT2D eigenvalue weighted by Crippen LogP contribution is -2.58. The highest BCUT2D eigenvalue weighted by Gasteiger charge is 2.37. The standard InChI is InChI=1S/C16H17N5O3S2/c1-26(23,24)21-8-7-20(11-17)10-13(21)15(22)19-16-18-9-14(25-16)12-5-3-2-4-6-12/h2-6,9,13H,7-8,10H2,1H3,(H,18,19,22). The first-order valence-corrected chi connectivity index (χ1v) is 10.5. The number of sulfonamides is 1. The molecule has 1 aliphatic rings. The molecule has 1 unspecified atom stereocenters. The molecule has 2 aromatic rings. The van der Waals surface area contributed by atoms with E-state index in [0.29, 0.717) is 5.13 Å². The molecule has 0 aliphatic carbocycles. The summed E-state index contributed by atoms with van der Waals surface area (Å²) in [6, 6.07) is 8.65. The van der Waals surface area contributed by atoms with Gasteiger partial charge >= 0.3 is 0 Å². The third kappa shape index (κ3) is 4.01. The summed E-state index contributed by atoms with van der Waals surface area (Å²) in [4.78, 5) is 19.1. The number of amides is 1. The highest BCUT2D eigenvalue weighted by Crippen LogP contribution is 2.29. The number of carbonyl (C=O) groups is 1. The minimum atomic E-state index is -3.56. The average Bonchev–Trinajstić information content (AvgIpc) is 3.09. The van der Waals surface area contributed by atoms with Gasteiger partial charge < -0.3 is 10.2 Å². The molecule has 26 heavy (non-hydrogen) atoms. The van der Waals surface area contributed by atoms with E-state index in [1.807, 2.05) is 36.5 Å². The van der Waals surface area contributed by atoms with E-state index in [-0.39, 0.29) is 19.6 Å². The Hall–Kier alpha value is -2.48. The summed E-state index contributed by atoms with van der Waals surface area (Å²) >= 11 is 1.30. The summed E-state index contributed by atoms with van der Waals surface area (Å²) in [6.07, 6.45) is 4.69. The fourth-order valence-electron chi connectivity index (χ4n) is 2.72. The summed E-state index contributed by atoms with van der Waals surface area (Å²) < 4.78 is 25.1. The fourth-order valence-corrected chi connectivity index (χ4v) is 4.59. The molecule has 1 atom stereocenters. The zero-order valence-electron chi connectivity index (χ0n) is 14.0. The molecule has 1 aromatic heterocycles. The number of benzene rings is 1. The van der Waals surface area contributed by atoms with Crippen molar-refractivity contribution in [3.8, 4) is 16.6 Å². The summed E-state index contributed by atoms with van der Waals surface area (Å²) in [6.45, 7) is 0.382. The molecular weight excluding hydrogens is 374 g/mol. The normalized spacial score (nSPS) is 18.3. The van der Waals surface area contributed by atoms with Gasteiger partial charge in [-0.1, -0.05) is 41.7 Å². The number of thiazole rings is 1. The lowest BCUT2D eigenvalue weighted by molar-refractivity contribution is -0.121. The maximum absolute atomic E-state index is 12.6. The van der Waals surface area contributed by atoms with Crippen LogP contribution >= 0.6 is 11.3 Å². The average molecular weight is 391 g/mol. The largest absolute Gasteiger partial charge is 0.307 e. The highest BCUT2D eigenvalue weighted by atomic mass is 32.2. The van der Waals surface area contributed by atoms with Crippen LogP contribution < -0.4 is 5.32 Å². The zero-order valence-corrected chi connectivity index (χ0v) is 15.6. The van der Waals surface area contributed by atoms with Crippen molar-refractivity contribution >= 4 is 32.4 Å². The van der Waals surface area contributed by atoms with E-state index in [4.69, 9.17) is 5.26 Å². The SMILES string of the molecule is CS(=O)(=O)N1CCN(C#N)CC1C(=O)Nc1ncc(-c2ccccc2)s1. The second-order valence-electron chi connectivity index (χ2n) is 5.82. The van der Waals surface area contributed by atoms with Crippen LogP contribution in [0, 0.1) is 11.5 Å². The Balaban J connectivity index is 1.77. The van der Waals surface area contributed by atoms with Crippen LogP contribution in [0.3, 0.4) is 0 Å².